The summed E-state index contributed by atoms with van der Waals surface area (Å²) >= 11 is 6.05. The highest BCUT2D eigenvalue weighted by molar-refractivity contribution is 6.31. The van der Waals surface area contributed by atoms with Gasteiger partial charge in [0.05, 0.1) is 16.6 Å². The number of nitriles is 1. The molecule has 3 rings (SSSR count). The zero-order chi connectivity index (χ0) is 16.4. The van der Waals surface area contributed by atoms with Crippen LogP contribution in [0.2, 0.25) is 5.02 Å². The van der Waals surface area contributed by atoms with Crippen molar-refractivity contribution in [2.75, 3.05) is 11.9 Å². The van der Waals surface area contributed by atoms with Crippen LogP contribution in [0.3, 0.4) is 0 Å². The molecule has 0 amide bonds. The first-order valence-corrected chi connectivity index (χ1v) is 7.97. The van der Waals surface area contributed by atoms with E-state index in [1.54, 1.807) is 12.4 Å². The molecule has 1 aliphatic rings. The fourth-order valence-electron chi connectivity index (χ4n) is 2.84. The number of halogens is 1. The summed E-state index contributed by atoms with van der Waals surface area (Å²) in [6.07, 6.45) is 5.96. The average Bonchev–Trinajstić information content (AvgIpc) is 3.19. The molecule has 2 atom stereocenters. The number of aryl methyl sites for hydroxylation is 1. The Hall–Kier alpha value is -2.10. The monoisotopic (exact) mass is 331 g/mol. The number of hydrogen-bond donors (Lipinski definition) is 1. The minimum Gasteiger partial charge on any atom is -0.368 e. The van der Waals surface area contributed by atoms with Crippen LogP contribution in [0.1, 0.15) is 36.4 Å². The first-order chi connectivity index (χ1) is 11.2. The number of hydrogen-bond acceptors (Lipinski definition) is 5. The second kappa shape index (κ2) is 6.57. The lowest BCUT2D eigenvalue weighted by Gasteiger charge is -2.21. The Labute approximate surface area is 140 Å². The van der Waals surface area contributed by atoms with Crippen molar-refractivity contribution in [3.8, 4) is 6.07 Å². The van der Waals surface area contributed by atoms with E-state index in [4.69, 9.17) is 16.3 Å². The largest absolute Gasteiger partial charge is 0.368 e. The second-order valence-electron chi connectivity index (χ2n) is 5.47. The highest BCUT2D eigenvalue weighted by Crippen LogP contribution is 2.32. The summed E-state index contributed by atoms with van der Waals surface area (Å²) in [4.78, 5) is 8.71. The molecule has 0 spiro atoms. The number of nitrogens with one attached hydrogen (secondary N) is 1. The van der Waals surface area contributed by atoms with E-state index >= 15 is 0 Å². The summed E-state index contributed by atoms with van der Waals surface area (Å²) in [6.45, 7) is 5.37. The fourth-order valence-corrected chi connectivity index (χ4v) is 2.98. The molecule has 1 aliphatic heterocycles. The lowest BCUT2D eigenvalue weighted by Crippen LogP contribution is -2.26. The Balaban J connectivity index is 1.88. The molecular formula is C16H18ClN5O. The van der Waals surface area contributed by atoms with Crippen molar-refractivity contribution in [3.63, 3.8) is 0 Å². The number of rotatable bonds is 4. The summed E-state index contributed by atoms with van der Waals surface area (Å²) in [5.41, 5.74) is 1.21. The van der Waals surface area contributed by atoms with Gasteiger partial charge in [0.1, 0.15) is 23.8 Å². The first-order valence-electron chi connectivity index (χ1n) is 7.60. The Morgan fingerprint density at radius 2 is 2.35 bits per heavy atom. The van der Waals surface area contributed by atoms with E-state index in [0.29, 0.717) is 23.0 Å². The van der Waals surface area contributed by atoms with Gasteiger partial charge in [0.15, 0.2) is 0 Å². The minimum absolute atomic E-state index is 0.0166. The van der Waals surface area contributed by atoms with Gasteiger partial charge in [-0.15, -0.1) is 0 Å². The van der Waals surface area contributed by atoms with Gasteiger partial charge in [-0.25, -0.2) is 9.97 Å². The van der Waals surface area contributed by atoms with E-state index < -0.39 is 0 Å². The summed E-state index contributed by atoms with van der Waals surface area (Å²) in [7, 11) is 0. The van der Waals surface area contributed by atoms with Crippen molar-refractivity contribution in [2.45, 2.75) is 39.0 Å². The first kappa shape index (κ1) is 15.8. The zero-order valence-electron chi connectivity index (χ0n) is 13.1. The molecule has 120 valence electrons. The van der Waals surface area contributed by atoms with E-state index in [9.17, 15) is 5.26 Å². The highest BCUT2D eigenvalue weighted by atomic mass is 35.5. The van der Waals surface area contributed by atoms with Crippen LogP contribution >= 0.6 is 11.6 Å². The molecule has 0 bridgehead atoms. The van der Waals surface area contributed by atoms with E-state index in [1.165, 1.54) is 0 Å². The molecule has 2 aromatic heterocycles. The predicted molar refractivity (Wildman–Crippen MR) is 87.3 cm³/mol. The van der Waals surface area contributed by atoms with Crippen LogP contribution in [0.15, 0.2) is 18.6 Å². The summed E-state index contributed by atoms with van der Waals surface area (Å²) in [6, 6.07) is 2.20. The number of imidazole rings is 1. The molecule has 23 heavy (non-hydrogen) atoms. The fraction of sp³-hybridized carbons (Fsp3) is 0.438. The van der Waals surface area contributed by atoms with Gasteiger partial charge in [0.25, 0.3) is 0 Å². The van der Waals surface area contributed by atoms with Crippen molar-refractivity contribution in [1.82, 2.24) is 14.5 Å². The molecule has 6 nitrogen and oxygen atoms in total. The van der Waals surface area contributed by atoms with Gasteiger partial charge >= 0.3 is 0 Å². The van der Waals surface area contributed by atoms with Crippen LogP contribution in [0.5, 0.6) is 0 Å². The SMILES string of the molecule is CCn1ccnc1[C@H]1OCC[C@@H]1Nc1ncc(Cl)c(C)c1C#N. The van der Waals surface area contributed by atoms with E-state index in [0.717, 1.165) is 24.4 Å². The normalized spacial score (nSPS) is 20.4. The number of aromatic nitrogens is 3. The lowest BCUT2D eigenvalue weighted by atomic mass is 10.1. The molecule has 0 unspecified atom stereocenters. The van der Waals surface area contributed by atoms with Crippen molar-refractivity contribution >= 4 is 17.4 Å². The molecule has 7 heteroatoms. The number of pyridine rings is 1. The van der Waals surface area contributed by atoms with Crippen molar-refractivity contribution in [2.24, 2.45) is 0 Å². The van der Waals surface area contributed by atoms with Crippen LogP contribution in [0.4, 0.5) is 5.82 Å². The minimum atomic E-state index is -0.158. The molecule has 0 aromatic carbocycles. The van der Waals surface area contributed by atoms with Crippen LogP contribution in [-0.2, 0) is 11.3 Å². The molecule has 0 aliphatic carbocycles. The van der Waals surface area contributed by atoms with Gasteiger partial charge in [-0.3, -0.25) is 0 Å². The molecule has 2 aromatic rings. The number of nitrogens with zero attached hydrogens (tertiary/aromatic N) is 4. The van der Waals surface area contributed by atoms with Crippen LogP contribution < -0.4 is 5.32 Å². The molecule has 0 saturated carbocycles. The molecule has 1 saturated heterocycles. The Morgan fingerprint density at radius 3 is 3.09 bits per heavy atom. The topological polar surface area (TPSA) is 75.8 Å². The van der Waals surface area contributed by atoms with Crippen molar-refractivity contribution < 1.29 is 4.74 Å². The third-order valence-electron chi connectivity index (χ3n) is 4.15. The maximum atomic E-state index is 9.39. The van der Waals surface area contributed by atoms with E-state index in [-0.39, 0.29) is 12.1 Å². The van der Waals surface area contributed by atoms with Gasteiger partial charge in [0.2, 0.25) is 0 Å². The number of ether oxygens (including phenoxy) is 1. The molecule has 1 N–H and O–H groups in total. The van der Waals surface area contributed by atoms with Crippen LogP contribution in [0, 0.1) is 18.3 Å². The van der Waals surface area contributed by atoms with E-state index in [1.807, 2.05) is 13.1 Å². The van der Waals surface area contributed by atoms with Gasteiger partial charge in [-0.1, -0.05) is 11.6 Å². The van der Waals surface area contributed by atoms with Crippen LogP contribution in [-0.4, -0.2) is 27.2 Å². The van der Waals surface area contributed by atoms with Gasteiger partial charge in [-0.2, -0.15) is 5.26 Å². The maximum Gasteiger partial charge on any atom is 0.144 e. The molecule has 1 fully saturated rings. The van der Waals surface area contributed by atoms with E-state index in [2.05, 4.69) is 32.8 Å². The maximum absolute atomic E-state index is 9.39. The van der Waals surface area contributed by atoms with Crippen molar-refractivity contribution in [1.29, 1.82) is 5.26 Å². The summed E-state index contributed by atoms with van der Waals surface area (Å²) in [5, 5.41) is 13.2. The third-order valence-corrected chi connectivity index (χ3v) is 4.53. The Morgan fingerprint density at radius 1 is 1.52 bits per heavy atom. The quantitative estimate of drug-likeness (QED) is 0.931. The number of anilines is 1. The van der Waals surface area contributed by atoms with Gasteiger partial charge in [-0.05, 0) is 25.8 Å². The predicted octanol–water partition coefficient (Wildman–Crippen LogP) is 3.07. The lowest BCUT2D eigenvalue weighted by molar-refractivity contribution is 0.0976. The summed E-state index contributed by atoms with van der Waals surface area (Å²) in [5.74, 6) is 1.44. The average molecular weight is 332 g/mol. The zero-order valence-corrected chi connectivity index (χ0v) is 13.8. The van der Waals surface area contributed by atoms with Gasteiger partial charge in [0, 0.05) is 31.7 Å². The third kappa shape index (κ3) is 2.90. The Kier molecular flexibility index (Phi) is 4.51. The molecule has 3 heterocycles. The van der Waals surface area contributed by atoms with Crippen molar-refractivity contribution in [3.05, 3.63) is 40.6 Å². The van der Waals surface area contributed by atoms with Crippen LogP contribution in [0.25, 0.3) is 0 Å². The second-order valence-corrected chi connectivity index (χ2v) is 5.88. The molecular weight excluding hydrogens is 314 g/mol. The Bertz CT molecular complexity index is 751. The summed E-state index contributed by atoms with van der Waals surface area (Å²) < 4.78 is 7.94. The standard InChI is InChI=1S/C16H18ClN5O/c1-3-22-6-5-19-16(22)14-13(4-7-23-14)21-15-11(8-18)10(2)12(17)9-20-15/h5-6,9,13-14H,3-4,7H2,1-2H3,(H,20,21)/t13-,14-/m0/s1. The molecule has 0 radical (unpaired) electrons. The smallest absolute Gasteiger partial charge is 0.144 e. The highest BCUT2D eigenvalue weighted by Gasteiger charge is 2.33. The van der Waals surface area contributed by atoms with Gasteiger partial charge < -0.3 is 14.6 Å².